The highest BCUT2D eigenvalue weighted by molar-refractivity contribution is 5.35. The molecule has 0 amide bonds. The van der Waals surface area contributed by atoms with E-state index in [-0.39, 0.29) is 0 Å². The van der Waals surface area contributed by atoms with Crippen LogP contribution in [0.3, 0.4) is 0 Å². The molecule has 1 atom stereocenters. The summed E-state index contributed by atoms with van der Waals surface area (Å²) in [4.78, 5) is 0. The molecule has 1 unspecified atom stereocenters. The van der Waals surface area contributed by atoms with Gasteiger partial charge in [0.15, 0.2) is 0 Å². The summed E-state index contributed by atoms with van der Waals surface area (Å²) < 4.78 is 0. The Morgan fingerprint density at radius 2 is 1.82 bits per heavy atom. The van der Waals surface area contributed by atoms with Crippen molar-refractivity contribution in [3.8, 4) is 0 Å². The first-order valence-electron chi connectivity index (χ1n) is 7.04. The summed E-state index contributed by atoms with van der Waals surface area (Å²) in [5, 5.41) is 0. The molecule has 1 aromatic carbocycles. The summed E-state index contributed by atoms with van der Waals surface area (Å²) in [6.07, 6.45) is 6.38. The van der Waals surface area contributed by atoms with Crippen LogP contribution in [0.5, 0.6) is 0 Å². The van der Waals surface area contributed by atoms with E-state index in [0.29, 0.717) is 11.8 Å². The fourth-order valence-electron chi connectivity index (χ4n) is 3.05. The lowest BCUT2D eigenvalue weighted by Crippen LogP contribution is -2.14. The SMILES string of the molecule is CC(C)C(CCN)c1ccc2c(c1)CCCC2. The van der Waals surface area contributed by atoms with E-state index in [1.807, 2.05) is 0 Å². The predicted molar refractivity (Wildman–Crippen MR) is 74.3 cm³/mol. The van der Waals surface area contributed by atoms with Gasteiger partial charge in [-0.2, -0.15) is 0 Å². The number of nitrogens with two attached hydrogens (primary N) is 1. The average Bonchev–Trinajstić information content (AvgIpc) is 2.35. The van der Waals surface area contributed by atoms with Crippen LogP contribution in [0.4, 0.5) is 0 Å². The van der Waals surface area contributed by atoms with Gasteiger partial charge in [-0.15, -0.1) is 0 Å². The molecule has 0 aliphatic heterocycles. The largest absolute Gasteiger partial charge is 0.330 e. The zero-order chi connectivity index (χ0) is 12.3. The molecule has 94 valence electrons. The van der Waals surface area contributed by atoms with Crippen LogP contribution in [-0.2, 0) is 12.8 Å². The Bertz CT molecular complexity index is 368. The summed E-state index contributed by atoms with van der Waals surface area (Å²) in [5.41, 5.74) is 10.4. The lowest BCUT2D eigenvalue weighted by Gasteiger charge is -2.24. The quantitative estimate of drug-likeness (QED) is 0.841. The number of hydrogen-bond donors (Lipinski definition) is 1. The van der Waals surface area contributed by atoms with E-state index in [1.54, 1.807) is 11.1 Å². The normalized spacial score (nSPS) is 16.9. The van der Waals surface area contributed by atoms with Gasteiger partial charge >= 0.3 is 0 Å². The van der Waals surface area contributed by atoms with E-state index < -0.39 is 0 Å². The molecule has 0 radical (unpaired) electrons. The van der Waals surface area contributed by atoms with Crippen molar-refractivity contribution < 1.29 is 0 Å². The number of hydrogen-bond acceptors (Lipinski definition) is 1. The highest BCUT2D eigenvalue weighted by Crippen LogP contribution is 2.31. The fraction of sp³-hybridized carbons (Fsp3) is 0.625. The maximum absolute atomic E-state index is 5.74. The summed E-state index contributed by atoms with van der Waals surface area (Å²) in [6, 6.07) is 7.15. The van der Waals surface area contributed by atoms with Gasteiger partial charge in [0.25, 0.3) is 0 Å². The van der Waals surface area contributed by atoms with Crippen LogP contribution < -0.4 is 5.73 Å². The molecule has 0 aromatic heterocycles. The predicted octanol–water partition coefficient (Wildman–Crippen LogP) is 3.65. The van der Waals surface area contributed by atoms with Crippen LogP contribution in [0.15, 0.2) is 18.2 Å². The number of aryl methyl sites for hydroxylation is 2. The van der Waals surface area contributed by atoms with E-state index in [4.69, 9.17) is 5.73 Å². The Hall–Kier alpha value is -0.820. The van der Waals surface area contributed by atoms with Crippen molar-refractivity contribution in [1.29, 1.82) is 0 Å². The third kappa shape index (κ3) is 2.90. The Balaban J connectivity index is 2.25. The van der Waals surface area contributed by atoms with Crippen molar-refractivity contribution in [2.24, 2.45) is 11.7 Å². The Labute approximate surface area is 105 Å². The highest BCUT2D eigenvalue weighted by Gasteiger charge is 2.17. The van der Waals surface area contributed by atoms with Crippen molar-refractivity contribution in [2.75, 3.05) is 6.54 Å². The molecular formula is C16H25N. The second-order valence-corrected chi connectivity index (χ2v) is 5.66. The molecule has 0 spiro atoms. The first-order valence-corrected chi connectivity index (χ1v) is 7.04. The summed E-state index contributed by atoms with van der Waals surface area (Å²) in [5.74, 6) is 1.31. The summed E-state index contributed by atoms with van der Waals surface area (Å²) in [7, 11) is 0. The van der Waals surface area contributed by atoms with E-state index >= 15 is 0 Å². The number of benzene rings is 1. The first-order chi connectivity index (χ1) is 8.22. The Morgan fingerprint density at radius 3 is 2.47 bits per heavy atom. The molecule has 0 saturated carbocycles. The molecule has 17 heavy (non-hydrogen) atoms. The molecular weight excluding hydrogens is 206 g/mol. The van der Waals surface area contributed by atoms with Gasteiger partial charge in [0.05, 0.1) is 0 Å². The van der Waals surface area contributed by atoms with E-state index in [9.17, 15) is 0 Å². The molecule has 0 bridgehead atoms. The first kappa shape index (κ1) is 12.6. The molecule has 2 N–H and O–H groups in total. The minimum Gasteiger partial charge on any atom is -0.330 e. The standard InChI is InChI=1S/C16H25N/c1-12(2)16(9-10-17)15-8-7-13-5-3-4-6-14(13)11-15/h7-8,11-12,16H,3-6,9-10,17H2,1-2H3. The third-order valence-corrected chi connectivity index (χ3v) is 4.08. The summed E-state index contributed by atoms with van der Waals surface area (Å²) >= 11 is 0. The van der Waals surface area contributed by atoms with E-state index in [0.717, 1.165) is 13.0 Å². The molecule has 1 aliphatic rings. The molecule has 0 saturated heterocycles. The molecule has 1 nitrogen and oxygen atoms in total. The van der Waals surface area contributed by atoms with Crippen molar-refractivity contribution in [2.45, 2.75) is 51.9 Å². The molecule has 0 fully saturated rings. The van der Waals surface area contributed by atoms with Gasteiger partial charge in [0.2, 0.25) is 0 Å². The van der Waals surface area contributed by atoms with Crippen molar-refractivity contribution in [1.82, 2.24) is 0 Å². The van der Waals surface area contributed by atoms with Gasteiger partial charge in [-0.05, 0) is 67.2 Å². The van der Waals surface area contributed by atoms with Gasteiger partial charge in [-0.1, -0.05) is 32.0 Å². The molecule has 1 aliphatic carbocycles. The maximum atomic E-state index is 5.74. The minimum atomic E-state index is 0.632. The summed E-state index contributed by atoms with van der Waals surface area (Å²) in [6.45, 7) is 5.40. The Kier molecular flexibility index (Phi) is 4.22. The minimum absolute atomic E-state index is 0.632. The van der Waals surface area contributed by atoms with Crippen LogP contribution >= 0.6 is 0 Å². The third-order valence-electron chi connectivity index (χ3n) is 4.08. The fourth-order valence-corrected chi connectivity index (χ4v) is 3.05. The lowest BCUT2D eigenvalue weighted by atomic mass is 9.82. The molecule has 0 heterocycles. The average molecular weight is 231 g/mol. The number of rotatable bonds is 4. The zero-order valence-corrected chi connectivity index (χ0v) is 11.2. The van der Waals surface area contributed by atoms with Gasteiger partial charge in [-0.3, -0.25) is 0 Å². The smallest absolute Gasteiger partial charge is 0.00713 e. The second-order valence-electron chi connectivity index (χ2n) is 5.66. The monoisotopic (exact) mass is 231 g/mol. The van der Waals surface area contributed by atoms with E-state index in [1.165, 1.54) is 31.2 Å². The van der Waals surface area contributed by atoms with Crippen LogP contribution in [0.2, 0.25) is 0 Å². The van der Waals surface area contributed by atoms with Crippen LogP contribution in [0.25, 0.3) is 0 Å². The van der Waals surface area contributed by atoms with Crippen molar-refractivity contribution >= 4 is 0 Å². The van der Waals surface area contributed by atoms with Gasteiger partial charge in [0, 0.05) is 0 Å². The van der Waals surface area contributed by atoms with Crippen LogP contribution in [0, 0.1) is 5.92 Å². The molecule has 1 aromatic rings. The second kappa shape index (κ2) is 5.68. The van der Waals surface area contributed by atoms with Crippen molar-refractivity contribution in [3.63, 3.8) is 0 Å². The lowest BCUT2D eigenvalue weighted by molar-refractivity contribution is 0.472. The van der Waals surface area contributed by atoms with Crippen LogP contribution in [-0.4, -0.2) is 6.54 Å². The van der Waals surface area contributed by atoms with E-state index in [2.05, 4.69) is 32.0 Å². The van der Waals surface area contributed by atoms with Gasteiger partial charge in [-0.25, -0.2) is 0 Å². The van der Waals surface area contributed by atoms with Crippen LogP contribution in [0.1, 0.15) is 55.7 Å². The Morgan fingerprint density at radius 1 is 1.12 bits per heavy atom. The highest BCUT2D eigenvalue weighted by atomic mass is 14.5. The van der Waals surface area contributed by atoms with Gasteiger partial charge in [0.1, 0.15) is 0 Å². The van der Waals surface area contributed by atoms with Crippen molar-refractivity contribution in [3.05, 3.63) is 34.9 Å². The van der Waals surface area contributed by atoms with Gasteiger partial charge < -0.3 is 5.73 Å². The molecule has 1 heteroatoms. The molecule has 2 rings (SSSR count). The zero-order valence-electron chi connectivity index (χ0n) is 11.2. The number of fused-ring (bicyclic) bond motifs is 1. The topological polar surface area (TPSA) is 26.0 Å². The maximum Gasteiger partial charge on any atom is -0.00713 e.